The van der Waals surface area contributed by atoms with Gasteiger partial charge in [0.25, 0.3) is 0 Å². The first kappa shape index (κ1) is 46.9. The molecular weight excluding hydrogens is 776 g/mol. The molecule has 0 amide bonds. The number of rotatable bonds is 19. The van der Waals surface area contributed by atoms with Crippen LogP contribution in [0, 0.1) is 0 Å². The molecule has 0 bridgehead atoms. The van der Waals surface area contributed by atoms with Gasteiger partial charge in [-0.05, 0) is 30.1 Å². The molecule has 17 heteroatoms. The van der Waals surface area contributed by atoms with Crippen molar-refractivity contribution in [1.82, 2.24) is 38.7 Å². The number of hydrogen-bond donors (Lipinski definition) is 0. The number of ether oxygens (including phenoxy) is 3. The Bertz CT molecular complexity index is 2210. The van der Waals surface area contributed by atoms with E-state index in [1.165, 1.54) is 10.1 Å². The van der Waals surface area contributed by atoms with Crippen LogP contribution in [0.4, 0.5) is 0 Å². The van der Waals surface area contributed by atoms with Gasteiger partial charge in [0.15, 0.2) is 5.82 Å². The van der Waals surface area contributed by atoms with Crippen molar-refractivity contribution in [1.29, 1.82) is 0 Å². The number of aromatic nitrogens is 8. The van der Waals surface area contributed by atoms with Gasteiger partial charge in [0.1, 0.15) is 19.4 Å². The van der Waals surface area contributed by atoms with Crippen LogP contribution in [0.1, 0.15) is 39.3 Å². The minimum atomic E-state index is -1.32. The molecule has 6 aromatic rings. The van der Waals surface area contributed by atoms with Crippen LogP contribution in [0.3, 0.4) is 0 Å². The quantitative estimate of drug-likeness (QED) is 0.0670. The summed E-state index contributed by atoms with van der Waals surface area (Å²) in [6, 6.07) is 22.2. The molecule has 0 aliphatic rings. The predicted octanol–water partition coefficient (Wildman–Crippen LogP) is 3.76. The third-order valence-corrected chi connectivity index (χ3v) is 12.3. The van der Waals surface area contributed by atoms with Crippen molar-refractivity contribution in [2.75, 3.05) is 19.8 Å². The van der Waals surface area contributed by atoms with Crippen molar-refractivity contribution >= 4 is 28.1 Å². The number of benzene rings is 2. The summed E-state index contributed by atoms with van der Waals surface area (Å²) in [5, 5.41) is 20.2. The van der Waals surface area contributed by atoms with Gasteiger partial charge in [-0.3, -0.25) is 9.36 Å². The number of esters is 1. The SMILES string of the molecule is CCOC(=O)c1nc(-c2cnn(Cc3ccccc3)c2)cn1COCC[Si](C)(C)C.C[Si](C)(C)CCOCn1cc(-c2cnn(Cc3ccccc3)c2)nc1C(=O)[O-].[Li+]. The first-order valence-electron chi connectivity index (χ1n) is 19.5. The zero-order chi connectivity index (χ0) is 41.7. The van der Waals surface area contributed by atoms with Crippen LogP contribution in [-0.2, 0) is 40.8 Å². The summed E-state index contributed by atoms with van der Waals surface area (Å²) in [6.45, 7) is 18.8. The molecule has 4 heterocycles. The van der Waals surface area contributed by atoms with Crippen molar-refractivity contribution in [2.24, 2.45) is 0 Å². The molecule has 6 rings (SSSR count). The normalized spacial score (nSPS) is 11.4. The predicted molar refractivity (Wildman–Crippen MR) is 226 cm³/mol. The number of carbonyl (C=O) groups is 2. The molecule has 0 radical (unpaired) electrons. The van der Waals surface area contributed by atoms with E-state index < -0.39 is 28.1 Å². The number of nitrogens with zero attached hydrogens (tertiary/aromatic N) is 8. The zero-order valence-corrected chi connectivity index (χ0v) is 37.6. The molecule has 2 aromatic carbocycles. The van der Waals surface area contributed by atoms with Crippen LogP contribution in [-0.4, -0.2) is 86.6 Å². The summed E-state index contributed by atoms with van der Waals surface area (Å²) in [6.07, 6.45) is 10.7. The van der Waals surface area contributed by atoms with Crippen LogP contribution in [0.5, 0.6) is 0 Å². The summed E-state index contributed by atoms with van der Waals surface area (Å²) in [5.41, 5.74) is 5.10. The van der Waals surface area contributed by atoms with Gasteiger partial charge in [-0.2, -0.15) is 10.2 Å². The van der Waals surface area contributed by atoms with Gasteiger partial charge in [0.2, 0.25) is 5.82 Å². The third-order valence-electron chi connectivity index (χ3n) is 8.88. The standard InChI is InChI=1S/C22H30N4O3Si.C20H26N4O3Si.Li/c1-5-29-22(27)21-24-20(16-25(21)17-28-11-12-30(2,3)4)19-13-23-26(15-19)14-18-9-7-6-8-10-18;1-28(2,3)10-9-27-15-23-14-18(22-19(23)20(25)26)17-11-21-24(13-17)12-16-7-5-4-6-8-16;/h6-10,13,15-16H,5,11-12,14,17H2,1-4H3;4-8,11,13-14H,9-10,12,15H2,1-3H3,(H,25,26);/q;;+1/p-1. The number of imidazole rings is 2. The van der Waals surface area contributed by atoms with Gasteiger partial charge in [0, 0.05) is 65.3 Å². The number of hydrogen-bond acceptors (Lipinski definition) is 10. The van der Waals surface area contributed by atoms with Crippen LogP contribution in [0.2, 0.25) is 51.4 Å². The van der Waals surface area contributed by atoms with E-state index in [0.29, 0.717) is 44.3 Å². The minimum absolute atomic E-state index is 0. The van der Waals surface area contributed by atoms with Gasteiger partial charge >= 0.3 is 24.8 Å². The Kier molecular flexibility index (Phi) is 17.4. The average molecular weight is 831 g/mol. The molecule has 0 aliphatic heterocycles. The second-order valence-corrected chi connectivity index (χ2v) is 27.6. The number of carboxylic acid groups (broad SMARTS) is 1. The van der Waals surface area contributed by atoms with Gasteiger partial charge in [-0.15, -0.1) is 0 Å². The summed E-state index contributed by atoms with van der Waals surface area (Å²) >= 11 is 0. The first-order valence-corrected chi connectivity index (χ1v) is 26.9. The number of carboxylic acids is 1. The summed E-state index contributed by atoms with van der Waals surface area (Å²) in [4.78, 5) is 32.5. The zero-order valence-electron chi connectivity index (χ0n) is 35.6. The summed E-state index contributed by atoms with van der Waals surface area (Å²) in [7, 11) is -2.37. The molecule has 0 spiro atoms. The first-order chi connectivity index (χ1) is 27.7. The largest absolute Gasteiger partial charge is 1.00 e. The fraction of sp³-hybridized carbons (Fsp3) is 0.381. The van der Waals surface area contributed by atoms with Crippen molar-refractivity contribution < 1.29 is 47.8 Å². The molecule has 59 heavy (non-hydrogen) atoms. The maximum absolute atomic E-state index is 12.4. The molecule has 0 unspecified atom stereocenters. The molecule has 14 nitrogen and oxygen atoms in total. The van der Waals surface area contributed by atoms with Crippen molar-refractivity contribution in [3.63, 3.8) is 0 Å². The van der Waals surface area contributed by atoms with Crippen LogP contribution >= 0.6 is 0 Å². The van der Waals surface area contributed by atoms with E-state index in [-0.39, 0.29) is 44.0 Å². The second kappa shape index (κ2) is 22.0. The van der Waals surface area contributed by atoms with Gasteiger partial charge in [0.05, 0.1) is 43.5 Å². The Morgan fingerprint density at radius 2 is 1.07 bits per heavy atom. The van der Waals surface area contributed by atoms with E-state index in [2.05, 4.69) is 71.6 Å². The maximum atomic E-state index is 12.4. The second-order valence-electron chi connectivity index (χ2n) is 16.4. The topological polar surface area (TPSA) is 156 Å². The van der Waals surface area contributed by atoms with Crippen LogP contribution < -0.4 is 24.0 Å². The molecule has 308 valence electrons. The molecule has 0 fully saturated rings. The van der Waals surface area contributed by atoms with Crippen LogP contribution in [0.25, 0.3) is 22.5 Å². The van der Waals surface area contributed by atoms with Crippen molar-refractivity contribution in [2.45, 2.75) is 84.8 Å². The van der Waals surface area contributed by atoms with Gasteiger partial charge in [-0.25, -0.2) is 14.8 Å². The Labute approximate surface area is 360 Å². The number of carbonyl (C=O) groups excluding carboxylic acids is 2. The van der Waals surface area contributed by atoms with E-state index in [4.69, 9.17) is 14.2 Å². The van der Waals surface area contributed by atoms with Gasteiger partial charge in [-0.1, -0.05) is 99.9 Å². The maximum Gasteiger partial charge on any atom is 1.00 e. The van der Waals surface area contributed by atoms with Crippen LogP contribution in [0.15, 0.2) is 97.8 Å². The monoisotopic (exact) mass is 830 g/mol. The Morgan fingerprint density at radius 1 is 0.644 bits per heavy atom. The molecule has 4 aromatic heterocycles. The van der Waals surface area contributed by atoms with E-state index in [1.54, 1.807) is 34.8 Å². The smallest absolute Gasteiger partial charge is 0.542 e. The molecule has 0 saturated carbocycles. The van der Waals surface area contributed by atoms with Crippen molar-refractivity contribution in [3.8, 4) is 22.5 Å². The van der Waals surface area contributed by atoms with Gasteiger partial charge < -0.3 is 33.2 Å². The summed E-state index contributed by atoms with van der Waals surface area (Å²) in [5.74, 6) is -1.67. The molecule has 0 aliphatic carbocycles. The Morgan fingerprint density at radius 3 is 1.47 bits per heavy atom. The fourth-order valence-electron chi connectivity index (χ4n) is 5.62. The summed E-state index contributed by atoms with van der Waals surface area (Å²) < 4.78 is 23.5. The number of aromatic carboxylic acids is 1. The molecule has 0 atom stereocenters. The average Bonchev–Trinajstić information content (AvgIpc) is 3.99. The fourth-order valence-corrected chi connectivity index (χ4v) is 7.13. The minimum Gasteiger partial charge on any atom is -0.542 e. The van der Waals surface area contributed by atoms with Crippen molar-refractivity contribution in [3.05, 3.63) is 121 Å². The Hall–Kier alpha value is -4.83. The van der Waals surface area contributed by atoms with E-state index in [9.17, 15) is 14.7 Å². The molecule has 0 saturated heterocycles. The van der Waals surface area contributed by atoms with E-state index >= 15 is 0 Å². The third kappa shape index (κ3) is 15.1. The molecular formula is C42H55LiN8O6Si2. The van der Waals surface area contributed by atoms with E-state index in [1.807, 2.05) is 71.8 Å². The van der Waals surface area contributed by atoms with E-state index in [0.717, 1.165) is 28.8 Å². The molecule has 0 N–H and O–H groups in total. The Balaban J connectivity index is 0.000000257.